The minimum atomic E-state index is 0.0868. The lowest BCUT2D eigenvalue weighted by Crippen LogP contribution is -2.32. The molecule has 2 unspecified atom stereocenters. The van der Waals surface area contributed by atoms with Gasteiger partial charge in [-0.3, -0.25) is 0 Å². The molecule has 2 atom stereocenters. The number of benzene rings is 1. The molecule has 3 heteroatoms. The largest absolute Gasteiger partial charge is 0.508 e. The SMILES string of the molecule is CCC(NC(C)CO)c1ccc(O)cc1. The van der Waals surface area contributed by atoms with Crippen molar-refractivity contribution in [2.45, 2.75) is 32.4 Å². The Hall–Kier alpha value is -1.06. The highest BCUT2D eigenvalue weighted by Gasteiger charge is 2.11. The van der Waals surface area contributed by atoms with E-state index in [2.05, 4.69) is 12.2 Å². The van der Waals surface area contributed by atoms with Gasteiger partial charge in [-0.05, 0) is 31.0 Å². The van der Waals surface area contributed by atoms with Gasteiger partial charge in [-0.1, -0.05) is 19.1 Å². The molecular formula is C12H19NO2. The number of phenols is 1. The van der Waals surface area contributed by atoms with Crippen molar-refractivity contribution in [3.63, 3.8) is 0 Å². The average Bonchev–Trinajstić information content (AvgIpc) is 2.27. The van der Waals surface area contributed by atoms with E-state index in [9.17, 15) is 5.11 Å². The summed E-state index contributed by atoms with van der Waals surface area (Å²) < 4.78 is 0. The fourth-order valence-corrected chi connectivity index (χ4v) is 1.55. The van der Waals surface area contributed by atoms with E-state index in [-0.39, 0.29) is 24.4 Å². The molecule has 0 fully saturated rings. The molecule has 0 aliphatic heterocycles. The van der Waals surface area contributed by atoms with Gasteiger partial charge in [0.15, 0.2) is 0 Å². The molecular weight excluding hydrogens is 190 g/mol. The predicted octanol–water partition coefficient (Wildman–Crippen LogP) is 1.81. The van der Waals surface area contributed by atoms with Crippen molar-refractivity contribution in [3.8, 4) is 5.75 Å². The molecule has 0 saturated heterocycles. The zero-order chi connectivity index (χ0) is 11.3. The molecule has 3 N–H and O–H groups in total. The first-order valence-electron chi connectivity index (χ1n) is 5.33. The van der Waals surface area contributed by atoms with E-state index in [1.165, 1.54) is 0 Å². The second-order valence-electron chi connectivity index (χ2n) is 3.80. The summed E-state index contributed by atoms with van der Waals surface area (Å²) in [6, 6.07) is 7.49. The molecule has 84 valence electrons. The fraction of sp³-hybridized carbons (Fsp3) is 0.500. The van der Waals surface area contributed by atoms with Gasteiger partial charge in [0.05, 0.1) is 6.61 Å². The highest BCUT2D eigenvalue weighted by Crippen LogP contribution is 2.19. The minimum Gasteiger partial charge on any atom is -0.508 e. The van der Waals surface area contributed by atoms with Crippen LogP contribution in [-0.4, -0.2) is 22.9 Å². The van der Waals surface area contributed by atoms with Crippen LogP contribution in [0, 0.1) is 0 Å². The van der Waals surface area contributed by atoms with Crippen molar-refractivity contribution in [3.05, 3.63) is 29.8 Å². The summed E-state index contributed by atoms with van der Waals surface area (Å²) in [7, 11) is 0. The third-order valence-electron chi connectivity index (χ3n) is 2.46. The maximum Gasteiger partial charge on any atom is 0.115 e. The Labute approximate surface area is 90.8 Å². The molecule has 1 aromatic carbocycles. The van der Waals surface area contributed by atoms with Crippen LogP contribution in [0.15, 0.2) is 24.3 Å². The summed E-state index contributed by atoms with van der Waals surface area (Å²) >= 11 is 0. The molecule has 0 saturated carbocycles. The van der Waals surface area contributed by atoms with Gasteiger partial charge >= 0.3 is 0 Å². The quantitative estimate of drug-likeness (QED) is 0.693. The number of hydrogen-bond acceptors (Lipinski definition) is 3. The zero-order valence-corrected chi connectivity index (χ0v) is 9.27. The zero-order valence-electron chi connectivity index (χ0n) is 9.27. The highest BCUT2D eigenvalue weighted by molar-refractivity contribution is 5.28. The number of rotatable bonds is 5. The van der Waals surface area contributed by atoms with E-state index >= 15 is 0 Å². The van der Waals surface area contributed by atoms with Crippen LogP contribution in [0.25, 0.3) is 0 Å². The number of aromatic hydroxyl groups is 1. The van der Waals surface area contributed by atoms with Gasteiger partial charge < -0.3 is 15.5 Å². The van der Waals surface area contributed by atoms with Crippen LogP contribution in [0.1, 0.15) is 31.9 Å². The first-order valence-corrected chi connectivity index (χ1v) is 5.33. The number of aliphatic hydroxyl groups excluding tert-OH is 1. The van der Waals surface area contributed by atoms with Gasteiger partial charge in [-0.25, -0.2) is 0 Å². The van der Waals surface area contributed by atoms with Gasteiger partial charge in [-0.2, -0.15) is 0 Å². The Kier molecular flexibility index (Phi) is 4.59. The molecule has 0 heterocycles. The van der Waals surface area contributed by atoms with Crippen molar-refractivity contribution in [2.75, 3.05) is 6.61 Å². The lowest BCUT2D eigenvalue weighted by molar-refractivity contribution is 0.239. The molecule has 3 nitrogen and oxygen atoms in total. The molecule has 15 heavy (non-hydrogen) atoms. The van der Waals surface area contributed by atoms with Crippen LogP contribution in [0.3, 0.4) is 0 Å². The lowest BCUT2D eigenvalue weighted by atomic mass is 10.0. The normalized spacial score (nSPS) is 14.9. The first kappa shape index (κ1) is 12.0. The Morgan fingerprint density at radius 2 is 1.87 bits per heavy atom. The maximum absolute atomic E-state index is 9.18. The summed E-state index contributed by atoms with van der Waals surface area (Å²) in [5.41, 5.74) is 1.13. The van der Waals surface area contributed by atoms with Crippen molar-refractivity contribution in [1.29, 1.82) is 0 Å². The second kappa shape index (κ2) is 5.73. The van der Waals surface area contributed by atoms with Crippen molar-refractivity contribution in [2.24, 2.45) is 0 Å². The molecule has 0 amide bonds. The number of hydrogen-bond donors (Lipinski definition) is 3. The van der Waals surface area contributed by atoms with Crippen molar-refractivity contribution in [1.82, 2.24) is 5.32 Å². The van der Waals surface area contributed by atoms with E-state index in [1.807, 2.05) is 19.1 Å². The summed E-state index contributed by atoms with van der Waals surface area (Å²) in [4.78, 5) is 0. The Bertz CT molecular complexity index is 284. The van der Waals surface area contributed by atoms with Crippen LogP contribution in [-0.2, 0) is 0 Å². The van der Waals surface area contributed by atoms with Crippen molar-refractivity contribution < 1.29 is 10.2 Å². The highest BCUT2D eigenvalue weighted by atomic mass is 16.3. The van der Waals surface area contributed by atoms with E-state index < -0.39 is 0 Å². The molecule has 0 radical (unpaired) electrons. The van der Waals surface area contributed by atoms with Gasteiger partial charge in [0.2, 0.25) is 0 Å². The lowest BCUT2D eigenvalue weighted by Gasteiger charge is -2.21. The van der Waals surface area contributed by atoms with Gasteiger partial charge in [0.25, 0.3) is 0 Å². The molecule has 1 rings (SSSR count). The van der Waals surface area contributed by atoms with E-state index in [0.717, 1.165) is 12.0 Å². The average molecular weight is 209 g/mol. The smallest absolute Gasteiger partial charge is 0.115 e. The number of nitrogens with one attached hydrogen (secondary N) is 1. The van der Waals surface area contributed by atoms with Crippen LogP contribution >= 0.6 is 0 Å². The molecule has 0 aromatic heterocycles. The molecule has 0 aliphatic rings. The number of phenolic OH excluding ortho intramolecular Hbond substituents is 1. The summed E-state index contributed by atoms with van der Waals surface area (Å²) in [6.07, 6.45) is 0.953. The molecule has 0 aliphatic carbocycles. The molecule has 1 aromatic rings. The first-order chi connectivity index (χ1) is 7.17. The van der Waals surface area contributed by atoms with Gasteiger partial charge in [0, 0.05) is 12.1 Å². The van der Waals surface area contributed by atoms with Gasteiger partial charge in [-0.15, -0.1) is 0 Å². The summed E-state index contributed by atoms with van der Waals surface area (Å²) in [5.74, 6) is 0.281. The second-order valence-corrected chi connectivity index (χ2v) is 3.80. The van der Waals surface area contributed by atoms with Crippen LogP contribution in [0.5, 0.6) is 5.75 Å². The monoisotopic (exact) mass is 209 g/mol. The standard InChI is InChI=1S/C12H19NO2/c1-3-12(13-9(2)8-14)10-4-6-11(15)7-5-10/h4-7,9,12-15H,3,8H2,1-2H3. The Morgan fingerprint density at radius 1 is 1.27 bits per heavy atom. The topological polar surface area (TPSA) is 52.5 Å². The predicted molar refractivity (Wildman–Crippen MR) is 60.8 cm³/mol. The third kappa shape index (κ3) is 3.53. The third-order valence-corrected chi connectivity index (χ3v) is 2.46. The maximum atomic E-state index is 9.18. The molecule has 0 spiro atoms. The van der Waals surface area contributed by atoms with E-state index in [1.54, 1.807) is 12.1 Å². The Balaban J connectivity index is 2.69. The molecule has 0 bridgehead atoms. The van der Waals surface area contributed by atoms with Crippen LogP contribution in [0.4, 0.5) is 0 Å². The Morgan fingerprint density at radius 3 is 2.33 bits per heavy atom. The van der Waals surface area contributed by atoms with E-state index in [4.69, 9.17) is 5.11 Å². The van der Waals surface area contributed by atoms with Crippen LogP contribution in [0.2, 0.25) is 0 Å². The minimum absolute atomic E-state index is 0.0868. The van der Waals surface area contributed by atoms with Crippen LogP contribution < -0.4 is 5.32 Å². The van der Waals surface area contributed by atoms with Gasteiger partial charge in [0.1, 0.15) is 5.75 Å². The summed E-state index contributed by atoms with van der Waals surface area (Å²) in [6.45, 7) is 4.17. The van der Waals surface area contributed by atoms with E-state index in [0.29, 0.717) is 0 Å². The van der Waals surface area contributed by atoms with Crippen molar-refractivity contribution >= 4 is 0 Å². The summed E-state index contributed by atoms with van der Waals surface area (Å²) in [5, 5.41) is 21.5. The fourth-order valence-electron chi connectivity index (χ4n) is 1.55. The number of aliphatic hydroxyl groups is 1.